The van der Waals surface area contributed by atoms with E-state index in [2.05, 4.69) is 57.8 Å². The molecule has 1 fully saturated rings. The second-order valence-electron chi connectivity index (χ2n) is 20.2. The number of rotatable bonds is 35. The second kappa shape index (κ2) is 33.8. The number of phenolic OH excluding ortho intramolecular Hbond substituents is 1. The van der Waals surface area contributed by atoms with Gasteiger partial charge in [0.1, 0.15) is 54.1 Å². The number of nitrogens with zero attached hydrogens (tertiary/aromatic N) is 2. The third kappa shape index (κ3) is 22.4. The fraction of sp³-hybridized carbons (Fsp3) is 0.558. The number of amides is 11. The number of aromatic nitrogens is 2. The molecule has 3 unspecified atom stereocenters. The Morgan fingerprint density at radius 1 is 0.690 bits per heavy atom. The van der Waals surface area contributed by atoms with Crippen molar-refractivity contribution < 1.29 is 92.7 Å². The number of benzene rings is 1. The number of nitrogens with two attached hydrogens (primary N) is 1. The van der Waals surface area contributed by atoms with E-state index in [1.807, 2.05) is 0 Å². The lowest BCUT2D eigenvalue weighted by Gasteiger charge is -2.32. The molecule has 1 saturated heterocycles. The number of nitrogens with one attached hydrogen (secondary N) is 10. The maximum Gasteiger partial charge on any atom is 0.303 e. The highest BCUT2D eigenvalue weighted by atomic mass is 16.4. The number of carbonyl (C=O) groups excluding carboxylic acids is 12. The van der Waals surface area contributed by atoms with Gasteiger partial charge in [-0.05, 0) is 62.6 Å². The first-order valence-electron chi connectivity index (χ1n) is 26.8. The third-order valence-corrected chi connectivity index (χ3v) is 13.1. The zero-order valence-corrected chi connectivity index (χ0v) is 46.9. The topological polar surface area (TPSA) is 506 Å². The fourth-order valence-corrected chi connectivity index (χ4v) is 8.62. The van der Waals surface area contributed by atoms with Gasteiger partial charge in [0.2, 0.25) is 64.9 Å². The molecular formula is C52H75N13O19. The van der Waals surface area contributed by atoms with Crippen molar-refractivity contribution >= 4 is 82.7 Å². The van der Waals surface area contributed by atoms with Crippen LogP contribution in [0.5, 0.6) is 5.75 Å². The first kappa shape index (κ1) is 69.2. The molecule has 2 heterocycles. The van der Waals surface area contributed by atoms with Crippen LogP contribution >= 0.6 is 0 Å². The van der Waals surface area contributed by atoms with E-state index < -0.39 is 182 Å². The molecule has 32 heteroatoms. The molecule has 0 spiro atoms. The van der Waals surface area contributed by atoms with Crippen LogP contribution in [0.4, 0.5) is 0 Å². The van der Waals surface area contributed by atoms with Crippen molar-refractivity contribution in [1.29, 1.82) is 0 Å². The number of aliphatic carboxylic acids is 2. The van der Waals surface area contributed by atoms with Crippen LogP contribution in [-0.2, 0) is 80.0 Å². The van der Waals surface area contributed by atoms with Gasteiger partial charge in [-0.1, -0.05) is 39.3 Å². The number of aromatic hydroxyl groups is 1. The van der Waals surface area contributed by atoms with Gasteiger partial charge in [-0.15, -0.1) is 0 Å². The van der Waals surface area contributed by atoms with Crippen molar-refractivity contribution in [2.24, 2.45) is 11.7 Å². The lowest BCUT2D eigenvalue weighted by atomic mass is 10.0. The molecule has 3 rings (SSSR count). The molecule has 0 radical (unpaired) electrons. The van der Waals surface area contributed by atoms with Gasteiger partial charge in [0, 0.05) is 51.0 Å². The van der Waals surface area contributed by atoms with E-state index in [0.29, 0.717) is 11.3 Å². The molecule has 0 saturated carbocycles. The van der Waals surface area contributed by atoms with E-state index in [-0.39, 0.29) is 57.2 Å². The van der Waals surface area contributed by atoms with Crippen LogP contribution in [0.2, 0.25) is 0 Å². The summed E-state index contributed by atoms with van der Waals surface area (Å²) in [6, 6.07) is -8.05. The number of imidazole rings is 1. The molecule has 2 aromatic rings. The number of primary amides is 1. The zero-order chi connectivity index (χ0) is 63.0. The van der Waals surface area contributed by atoms with E-state index in [9.17, 15) is 87.5 Å². The number of likely N-dealkylation sites (tertiary alicyclic amines) is 1. The van der Waals surface area contributed by atoms with E-state index in [1.54, 1.807) is 20.8 Å². The molecule has 10 atom stereocenters. The normalized spacial score (nSPS) is 16.0. The van der Waals surface area contributed by atoms with Gasteiger partial charge in [-0.2, -0.15) is 0 Å². The smallest absolute Gasteiger partial charge is 0.303 e. The number of carbonyl (C=O) groups is 14. The maximum absolute atomic E-state index is 14.2. The number of Topliss-reactive ketones (excluding diaryl/α,β-unsaturated/α-hetero) is 1. The number of aliphatic hydroxyl groups is 2. The zero-order valence-electron chi connectivity index (χ0n) is 46.9. The molecule has 1 aromatic heterocycles. The molecule has 462 valence electrons. The van der Waals surface area contributed by atoms with Crippen molar-refractivity contribution in [2.75, 3.05) is 19.7 Å². The summed E-state index contributed by atoms with van der Waals surface area (Å²) in [7, 11) is 0. The minimum Gasteiger partial charge on any atom is -0.508 e. The minimum atomic E-state index is -1.82. The van der Waals surface area contributed by atoms with Gasteiger partial charge < -0.3 is 89.0 Å². The molecule has 0 aliphatic carbocycles. The first-order chi connectivity index (χ1) is 39.6. The molecule has 84 heavy (non-hydrogen) atoms. The summed E-state index contributed by atoms with van der Waals surface area (Å²) in [5.41, 5.74) is 5.99. The summed E-state index contributed by atoms with van der Waals surface area (Å²) >= 11 is 0. The lowest BCUT2D eigenvalue weighted by molar-refractivity contribution is -0.144. The molecule has 1 aliphatic rings. The highest BCUT2D eigenvalue weighted by Crippen LogP contribution is 2.22. The molecule has 1 aliphatic heterocycles. The van der Waals surface area contributed by atoms with Gasteiger partial charge in [-0.25, -0.2) is 4.98 Å². The monoisotopic (exact) mass is 1190 g/mol. The second-order valence-corrected chi connectivity index (χ2v) is 20.2. The number of hydrogen-bond acceptors (Lipinski definition) is 18. The van der Waals surface area contributed by atoms with Crippen LogP contribution in [0, 0.1) is 5.92 Å². The number of ketones is 1. The van der Waals surface area contributed by atoms with E-state index in [4.69, 9.17) is 10.8 Å². The summed E-state index contributed by atoms with van der Waals surface area (Å²) in [4.78, 5) is 191. The number of aromatic amines is 1. The standard InChI is InChI=1S/C52H75N13O19/c1-6-8-31(58-49(81)37-9-7-18-65(37)52(84)41(25(2)3)64-46(78)33(15-17-40(73)74)59-45(77)32(57-27(5)68)14-16-39(71)72)43(75)51(83)55-22-38(70)63-42(26(4)67)50(82)61-35(20-29-21-54-24-56-29)48(80)60-34(19-28-10-12-30(69)13-11-28)47(79)62-36(23-66)44(53)76/h10-13,21,24-26,31-37,41-42,66-67,69H,6-9,14-20,22-23H2,1-5H3,(H2,53,76)(H,54,56)(H,55,83)(H,57,68)(H,58,81)(H,59,77)(H,60,80)(H,61,82)(H,62,79)(H,63,70)(H,64,78)(H,71,72)(H,73,74)/t26?,31-,32?,33+,34+,35+,36+,37?,41-,42-/m0/s1. The Balaban J connectivity index is 1.73. The molecule has 0 bridgehead atoms. The average Bonchev–Trinajstić information content (AvgIpc) is 3.66. The number of carboxylic acid groups (broad SMARTS) is 2. The third-order valence-electron chi connectivity index (χ3n) is 13.1. The first-order valence-corrected chi connectivity index (χ1v) is 26.8. The lowest BCUT2D eigenvalue weighted by Crippen LogP contribution is -2.61. The Hall–Kier alpha value is -9.07. The van der Waals surface area contributed by atoms with E-state index in [1.165, 1.54) is 36.8 Å². The Kier molecular flexibility index (Phi) is 27.8. The molecule has 32 nitrogen and oxygen atoms in total. The molecule has 11 amide bonds. The van der Waals surface area contributed by atoms with Crippen molar-refractivity contribution in [3.05, 3.63) is 48.0 Å². The Morgan fingerprint density at radius 2 is 1.24 bits per heavy atom. The molecule has 1 aromatic carbocycles. The number of carboxylic acids is 2. The number of phenols is 1. The van der Waals surface area contributed by atoms with Gasteiger partial charge >= 0.3 is 11.9 Å². The Labute approximate surface area is 481 Å². The fourth-order valence-electron chi connectivity index (χ4n) is 8.62. The quantitative estimate of drug-likeness (QED) is 0.0286. The van der Waals surface area contributed by atoms with Gasteiger partial charge in [0.15, 0.2) is 0 Å². The van der Waals surface area contributed by atoms with Gasteiger partial charge in [-0.3, -0.25) is 67.1 Å². The summed E-state index contributed by atoms with van der Waals surface area (Å²) in [6.07, 6.45) is -1.18. The predicted octanol–water partition coefficient (Wildman–Crippen LogP) is -5.48. The number of aliphatic hydroxyl groups excluding tert-OH is 2. The van der Waals surface area contributed by atoms with Crippen molar-refractivity contribution in [1.82, 2.24) is 62.7 Å². The minimum absolute atomic E-state index is 0.00381. The molecular weight excluding hydrogens is 1110 g/mol. The summed E-state index contributed by atoms with van der Waals surface area (Å²) in [5.74, 6) is -15.6. The summed E-state index contributed by atoms with van der Waals surface area (Å²) < 4.78 is 0. The number of H-pyrrole nitrogens is 1. The van der Waals surface area contributed by atoms with Crippen molar-refractivity contribution in [2.45, 2.75) is 159 Å². The van der Waals surface area contributed by atoms with E-state index >= 15 is 0 Å². The summed E-state index contributed by atoms with van der Waals surface area (Å²) in [5, 5.41) is 69.7. The van der Waals surface area contributed by atoms with Crippen LogP contribution < -0.4 is 53.6 Å². The van der Waals surface area contributed by atoms with Crippen LogP contribution in [0.1, 0.15) is 97.2 Å². The maximum atomic E-state index is 14.2. The van der Waals surface area contributed by atoms with Crippen molar-refractivity contribution in [3.63, 3.8) is 0 Å². The van der Waals surface area contributed by atoms with Gasteiger partial charge in [0.05, 0.1) is 31.6 Å². The SMILES string of the molecule is CCC[C@H](NC(=O)C1CCCN1C(=O)[C@@H](NC(=O)[C@@H](CCC(=O)O)NC(=O)C(CCC(=O)O)NC(C)=O)C(C)C)C(=O)C(=O)NCC(=O)N[C@H](C(=O)N[C@H](Cc1cnc[nH]1)C(=O)N[C@H](Cc1ccc(O)cc1)C(=O)N[C@H](CO)C(N)=O)C(C)O. The van der Waals surface area contributed by atoms with Crippen LogP contribution in [0.3, 0.4) is 0 Å². The van der Waals surface area contributed by atoms with Gasteiger partial charge in [0.25, 0.3) is 5.91 Å². The Bertz CT molecular complexity index is 2690. The highest BCUT2D eigenvalue weighted by Gasteiger charge is 2.42. The van der Waals surface area contributed by atoms with Crippen LogP contribution in [-0.4, -0.2) is 203 Å². The summed E-state index contributed by atoms with van der Waals surface area (Å²) in [6.45, 7) is 5.09. The molecule has 17 N–H and O–H groups in total. The number of hydrogen-bond donors (Lipinski definition) is 16. The average molecular weight is 1190 g/mol. The van der Waals surface area contributed by atoms with Crippen LogP contribution in [0.15, 0.2) is 36.8 Å². The van der Waals surface area contributed by atoms with Crippen LogP contribution in [0.25, 0.3) is 0 Å². The van der Waals surface area contributed by atoms with E-state index in [0.717, 1.165) is 18.7 Å². The Morgan fingerprint density at radius 3 is 1.76 bits per heavy atom. The highest BCUT2D eigenvalue weighted by molar-refractivity contribution is 6.38. The largest absolute Gasteiger partial charge is 0.508 e. The van der Waals surface area contributed by atoms with Crippen molar-refractivity contribution in [3.8, 4) is 5.75 Å². The predicted molar refractivity (Wildman–Crippen MR) is 289 cm³/mol.